The number of piperazine rings is 1. The molecule has 128 valence electrons. The molecule has 1 amide bonds. The van der Waals surface area contributed by atoms with E-state index in [9.17, 15) is 9.90 Å². The van der Waals surface area contributed by atoms with Crippen LogP contribution in [0.3, 0.4) is 0 Å². The number of nitrogens with zero attached hydrogens (tertiary/aromatic N) is 1. The second kappa shape index (κ2) is 7.12. The second-order valence-electron chi connectivity index (χ2n) is 6.96. The summed E-state index contributed by atoms with van der Waals surface area (Å²) in [6, 6.07) is -0.124. The van der Waals surface area contributed by atoms with Gasteiger partial charge in [-0.3, -0.25) is 4.90 Å². The van der Waals surface area contributed by atoms with Gasteiger partial charge in [0.2, 0.25) is 0 Å². The number of carbonyl (C=O) groups is 1. The fourth-order valence-electron chi connectivity index (χ4n) is 3.22. The van der Waals surface area contributed by atoms with Crippen LogP contribution in [0.25, 0.3) is 0 Å². The van der Waals surface area contributed by atoms with Crippen LogP contribution in [-0.4, -0.2) is 73.0 Å². The fraction of sp³-hybridized carbons (Fsp3) is 0.933. The zero-order valence-electron chi connectivity index (χ0n) is 13.9. The van der Waals surface area contributed by atoms with Crippen molar-refractivity contribution in [2.45, 2.75) is 63.4 Å². The zero-order chi connectivity index (χ0) is 16.3. The van der Waals surface area contributed by atoms with Gasteiger partial charge in [0, 0.05) is 19.7 Å². The smallest absolute Gasteiger partial charge is 0.410 e. The minimum Gasteiger partial charge on any atom is -0.444 e. The predicted molar refractivity (Wildman–Crippen MR) is 80.5 cm³/mol. The van der Waals surface area contributed by atoms with E-state index in [0.717, 1.165) is 12.8 Å². The standard InChI is InChI=1S/C15H28N2O5/c1-15(2,3)22-14(19)17-10-5-6-11(17)13(16-7-10)12(18)8-21-9-20-4/h10-13,16,18H,5-9H2,1-4H3/t10-,11+,12?,13?/m0/s1. The molecule has 0 radical (unpaired) electrons. The number of aliphatic hydroxyl groups is 1. The second-order valence-corrected chi connectivity index (χ2v) is 6.96. The Morgan fingerprint density at radius 2 is 2.14 bits per heavy atom. The van der Waals surface area contributed by atoms with Crippen LogP contribution in [0, 0.1) is 0 Å². The van der Waals surface area contributed by atoms with E-state index in [1.807, 2.05) is 20.8 Å². The molecule has 0 aromatic rings. The average Bonchev–Trinajstić information content (AvgIpc) is 2.71. The predicted octanol–water partition coefficient (Wildman–Crippen LogP) is 0.708. The summed E-state index contributed by atoms with van der Waals surface area (Å²) >= 11 is 0. The van der Waals surface area contributed by atoms with E-state index < -0.39 is 11.7 Å². The molecule has 2 saturated heterocycles. The number of nitrogens with one attached hydrogen (secondary N) is 1. The summed E-state index contributed by atoms with van der Waals surface area (Å²) in [5.41, 5.74) is -0.517. The normalized spacial score (nSPS) is 29.5. The molecule has 2 rings (SSSR count). The number of aliphatic hydroxyl groups excluding tert-OH is 1. The summed E-state index contributed by atoms with van der Waals surface area (Å²) in [6.45, 7) is 6.57. The van der Waals surface area contributed by atoms with Crippen molar-refractivity contribution in [2.75, 3.05) is 27.1 Å². The molecule has 22 heavy (non-hydrogen) atoms. The molecule has 2 aliphatic rings. The molecule has 2 heterocycles. The first-order valence-corrected chi connectivity index (χ1v) is 7.83. The molecular weight excluding hydrogens is 288 g/mol. The highest BCUT2D eigenvalue weighted by atomic mass is 16.7. The Morgan fingerprint density at radius 3 is 2.77 bits per heavy atom. The van der Waals surface area contributed by atoms with Crippen LogP contribution < -0.4 is 5.32 Å². The Morgan fingerprint density at radius 1 is 1.41 bits per heavy atom. The highest BCUT2D eigenvalue weighted by Gasteiger charge is 2.48. The summed E-state index contributed by atoms with van der Waals surface area (Å²) in [5, 5.41) is 13.7. The first kappa shape index (κ1) is 17.5. The third-order valence-electron chi connectivity index (χ3n) is 4.06. The molecule has 0 saturated carbocycles. The number of hydrogen-bond donors (Lipinski definition) is 2. The van der Waals surface area contributed by atoms with Gasteiger partial charge in [0.05, 0.1) is 24.8 Å². The molecule has 2 N–H and O–H groups in total. The van der Waals surface area contributed by atoms with Crippen LogP contribution in [0.1, 0.15) is 33.6 Å². The van der Waals surface area contributed by atoms with E-state index in [0.29, 0.717) is 6.54 Å². The molecular formula is C15H28N2O5. The van der Waals surface area contributed by atoms with Gasteiger partial charge in [-0.25, -0.2) is 4.79 Å². The summed E-state index contributed by atoms with van der Waals surface area (Å²) in [6.07, 6.45) is 0.808. The number of amides is 1. The van der Waals surface area contributed by atoms with E-state index in [-0.39, 0.29) is 37.6 Å². The Bertz CT molecular complexity index is 385. The van der Waals surface area contributed by atoms with Crippen molar-refractivity contribution in [3.05, 3.63) is 0 Å². The number of carbonyl (C=O) groups excluding carboxylic acids is 1. The van der Waals surface area contributed by atoms with Crippen molar-refractivity contribution in [3.63, 3.8) is 0 Å². The van der Waals surface area contributed by atoms with Gasteiger partial charge in [0.15, 0.2) is 0 Å². The van der Waals surface area contributed by atoms with E-state index in [1.54, 1.807) is 4.90 Å². The van der Waals surface area contributed by atoms with Crippen molar-refractivity contribution >= 4 is 6.09 Å². The monoisotopic (exact) mass is 316 g/mol. The van der Waals surface area contributed by atoms with Crippen LogP contribution in [-0.2, 0) is 14.2 Å². The Hall–Kier alpha value is -0.890. The first-order chi connectivity index (χ1) is 10.3. The third kappa shape index (κ3) is 4.10. The van der Waals surface area contributed by atoms with E-state index in [4.69, 9.17) is 14.2 Å². The average molecular weight is 316 g/mol. The molecule has 2 bridgehead atoms. The quantitative estimate of drug-likeness (QED) is 0.574. The largest absolute Gasteiger partial charge is 0.444 e. The van der Waals surface area contributed by atoms with Crippen molar-refractivity contribution in [3.8, 4) is 0 Å². The molecule has 7 nitrogen and oxygen atoms in total. The molecule has 0 spiro atoms. The summed E-state index contributed by atoms with van der Waals surface area (Å²) in [4.78, 5) is 14.2. The molecule has 0 aromatic heterocycles. The van der Waals surface area contributed by atoms with Crippen LogP contribution in [0.4, 0.5) is 4.79 Å². The minimum atomic E-state index is -0.691. The Labute approximate surface area is 131 Å². The highest BCUT2D eigenvalue weighted by Crippen LogP contribution is 2.32. The summed E-state index contributed by atoms with van der Waals surface area (Å²) in [5.74, 6) is 0. The fourth-order valence-corrected chi connectivity index (χ4v) is 3.22. The van der Waals surface area contributed by atoms with Crippen molar-refractivity contribution in [2.24, 2.45) is 0 Å². The highest BCUT2D eigenvalue weighted by molar-refractivity contribution is 5.70. The Kier molecular flexibility index (Phi) is 5.65. The number of rotatable bonds is 5. The van der Waals surface area contributed by atoms with Crippen LogP contribution in [0.15, 0.2) is 0 Å². The molecule has 4 atom stereocenters. The lowest BCUT2D eigenvalue weighted by molar-refractivity contribution is -0.0784. The summed E-state index contributed by atoms with van der Waals surface area (Å²) in [7, 11) is 1.54. The van der Waals surface area contributed by atoms with Gasteiger partial charge >= 0.3 is 6.09 Å². The molecule has 7 heteroatoms. The van der Waals surface area contributed by atoms with Crippen LogP contribution in [0.5, 0.6) is 0 Å². The topological polar surface area (TPSA) is 80.3 Å². The van der Waals surface area contributed by atoms with Crippen molar-refractivity contribution in [1.82, 2.24) is 10.2 Å². The maximum Gasteiger partial charge on any atom is 0.410 e. The van der Waals surface area contributed by atoms with Gasteiger partial charge < -0.3 is 24.6 Å². The number of ether oxygens (including phenoxy) is 3. The van der Waals surface area contributed by atoms with Crippen molar-refractivity contribution in [1.29, 1.82) is 0 Å². The third-order valence-corrected chi connectivity index (χ3v) is 4.06. The summed E-state index contributed by atoms with van der Waals surface area (Å²) < 4.78 is 15.6. The molecule has 0 aliphatic carbocycles. The van der Waals surface area contributed by atoms with Crippen molar-refractivity contribution < 1.29 is 24.1 Å². The molecule has 2 fully saturated rings. The number of hydrogen-bond acceptors (Lipinski definition) is 6. The Balaban J connectivity index is 1.99. The van der Waals surface area contributed by atoms with Gasteiger partial charge in [-0.2, -0.15) is 0 Å². The zero-order valence-corrected chi connectivity index (χ0v) is 13.9. The number of methoxy groups -OCH3 is 1. The SMILES string of the molecule is COCOCC(O)C1NC[C@@H]2CC[C@H]1N2C(=O)OC(C)(C)C. The van der Waals surface area contributed by atoms with Gasteiger partial charge in [0.25, 0.3) is 0 Å². The van der Waals surface area contributed by atoms with Crippen LogP contribution in [0.2, 0.25) is 0 Å². The minimum absolute atomic E-state index is 0.0604. The van der Waals surface area contributed by atoms with Gasteiger partial charge in [-0.1, -0.05) is 0 Å². The number of fused-ring (bicyclic) bond motifs is 2. The van der Waals surface area contributed by atoms with Gasteiger partial charge in [-0.15, -0.1) is 0 Å². The van der Waals surface area contributed by atoms with E-state index in [1.165, 1.54) is 7.11 Å². The lowest BCUT2D eigenvalue weighted by Crippen LogP contribution is -2.64. The molecule has 2 unspecified atom stereocenters. The van der Waals surface area contributed by atoms with E-state index in [2.05, 4.69) is 5.32 Å². The lowest BCUT2D eigenvalue weighted by Gasteiger charge is -2.42. The van der Waals surface area contributed by atoms with E-state index >= 15 is 0 Å². The maximum atomic E-state index is 12.4. The van der Waals surface area contributed by atoms with Crippen LogP contribution >= 0.6 is 0 Å². The first-order valence-electron chi connectivity index (χ1n) is 7.83. The van der Waals surface area contributed by atoms with Gasteiger partial charge in [0.1, 0.15) is 12.4 Å². The van der Waals surface area contributed by atoms with Gasteiger partial charge in [-0.05, 0) is 33.6 Å². The maximum absolute atomic E-state index is 12.4. The lowest BCUT2D eigenvalue weighted by atomic mass is 10.00. The molecule has 2 aliphatic heterocycles. The molecule has 0 aromatic carbocycles.